The molecule has 14 heteroatoms. The Morgan fingerprint density at radius 2 is 1.78 bits per heavy atom. The van der Waals surface area contributed by atoms with E-state index in [0.717, 1.165) is 6.26 Å². The molecule has 1 unspecified atom stereocenters. The summed E-state index contributed by atoms with van der Waals surface area (Å²) in [5, 5.41) is 71.9. The summed E-state index contributed by atoms with van der Waals surface area (Å²) in [5.74, 6) is -5.89. The van der Waals surface area contributed by atoms with Crippen LogP contribution in [-0.2, 0) is 35.0 Å². The molecule has 3 aliphatic heterocycles. The van der Waals surface area contributed by atoms with Crippen LogP contribution in [0.5, 0.6) is 0 Å². The second kappa shape index (κ2) is 14.8. The predicted octanol–water partition coefficient (Wildman–Crippen LogP) is -2.74. The Morgan fingerprint density at radius 1 is 1.07 bits per heavy atom. The van der Waals surface area contributed by atoms with E-state index in [1.807, 2.05) is 0 Å². The summed E-state index contributed by atoms with van der Waals surface area (Å²) < 4.78 is 16.6. The maximum atomic E-state index is 12.2. The van der Waals surface area contributed by atoms with Crippen LogP contribution >= 0.6 is 0 Å². The Balaban J connectivity index is 1.62. The number of aliphatic hydroxyl groups is 4. The number of carbonyl (C=O) groups excluding carboxylic acids is 1. The zero-order valence-corrected chi connectivity index (χ0v) is 23.9. The van der Waals surface area contributed by atoms with Crippen LogP contribution in [0.25, 0.3) is 0 Å². The maximum Gasteiger partial charge on any atom is 0.337 e. The molecular weight excluding hydrogens is 594 g/mol. The highest BCUT2D eigenvalue weighted by atomic mass is 16.8. The van der Waals surface area contributed by atoms with Crippen LogP contribution in [0.15, 0.2) is 90.4 Å². The van der Waals surface area contributed by atoms with Crippen molar-refractivity contribution in [1.29, 1.82) is 0 Å². The van der Waals surface area contributed by atoms with Crippen molar-refractivity contribution in [1.82, 2.24) is 0 Å². The fourth-order valence-electron chi connectivity index (χ4n) is 5.47. The molecule has 1 fully saturated rings. The Hall–Kier alpha value is -4.15. The molecule has 0 aromatic heterocycles. The first-order chi connectivity index (χ1) is 21.4. The van der Waals surface area contributed by atoms with Gasteiger partial charge in [0.15, 0.2) is 6.29 Å². The third-order valence-electron chi connectivity index (χ3n) is 7.93. The molecule has 3 aliphatic rings. The normalized spacial score (nSPS) is 32.4. The van der Waals surface area contributed by atoms with Gasteiger partial charge in [-0.15, -0.1) is 6.58 Å². The molecule has 0 spiro atoms. The van der Waals surface area contributed by atoms with E-state index in [2.05, 4.69) is 6.58 Å². The second-order valence-electron chi connectivity index (χ2n) is 10.8. The lowest BCUT2D eigenvalue weighted by Crippen LogP contribution is -3.14. The van der Waals surface area contributed by atoms with Gasteiger partial charge >= 0.3 is 11.9 Å². The van der Waals surface area contributed by atoms with Crippen LogP contribution in [0.3, 0.4) is 0 Å². The van der Waals surface area contributed by atoms with E-state index in [1.54, 1.807) is 30.3 Å². The van der Waals surface area contributed by atoms with Gasteiger partial charge in [0.1, 0.15) is 43.2 Å². The van der Waals surface area contributed by atoms with E-state index in [-0.39, 0.29) is 24.1 Å². The molecule has 10 atom stereocenters. The SMILES string of the molecule is C=C[C@H]1[C@H](O[C@@H]2O[C@H](CO)[C@@H](O)[C@H](O)[C@H]2O)OC=C(C(=O)O)[C@H]1/C=C/C1=C[NH+]([C@H](Cc2ccccc2)C(=O)[O-])CC(C(=O)O)=C1. The Labute approximate surface area is 257 Å². The fourth-order valence-corrected chi connectivity index (χ4v) is 5.47. The minimum absolute atomic E-state index is 0.0697. The number of carbonyl (C=O) groups is 3. The van der Waals surface area contributed by atoms with E-state index in [1.165, 1.54) is 30.5 Å². The zero-order chi connectivity index (χ0) is 32.8. The number of rotatable bonds is 12. The third kappa shape index (κ3) is 7.75. The largest absolute Gasteiger partial charge is 0.544 e. The highest BCUT2D eigenvalue weighted by Crippen LogP contribution is 2.36. The van der Waals surface area contributed by atoms with Gasteiger partial charge in [0.25, 0.3) is 0 Å². The molecule has 0 saturated carbocycles. The molecular formula is C31H35NO13. The number of aliphatic hydroxyl groups excluding tert-OH is 4. The van der Waals surface area contributed by atoms with Gasteiger partial charge in [-0.25, -0.2) is 9.59 Å². The number of ether oxygens (including phenoxy) is 3. The molecule has 0 bridgehead atoms. The van der Waals surface area contributed by atoms with Gasteiger partial charge in [0, 0.05) is 17.9 Å². The lowest BCUT2D eigenvalue weighted by molar-refractivity contribution is -0.863. The van der Waals surface area contributed by atoms with Crippen LogP contribution in [0.2, 0.25) is 0 Å². The minimum atomic E-state index is -1.75. The number of nitrogens with one attached hydrogen (secondary N) is 1. The Kier molecular flexibility index (Phi) is 11.1. The van der Waals surface area contributed by atoms with Crippen LogP contribution in [0.4, 0.5) is 0 Å². The number of quaternary nitrogens is 1. The van der Waals surface area contributed by atoms with Crippen LogP contribution in [-0.4, -0.2) is 105 Å². The van der Waals surface area contributed by atoms with Crippen molar-refractivity contribution in [3.63, 3.8) is 0 Å². The highest BCUT2D eigenvalue weighted by molar-refractivity contribution is 5.88. The Morgan fingerprint density at radius 3 is 2.38 bits per heavy atom. The van der Waals surface area contributed by atoms with Gasteiger partial charge in [0.05, 0.1) is 35.9 Å². The number of benzene rings is 1. The number of allylic oxidation sites excluding steroid dienone is 4. The van der Waals surface area contributed by atoms with Crippen molar-refractivity contribution in [3.05, 3.63) is 96.0 Å². The lowest BCUT2D eigenvalue weighted by atomic mass is 9.83. The third-order valence-corrected chi connectivity index (χ3v) is 7.93. The molecule has 1 saturated heterocycles. The topological polar surface area (TPSA) is 228 Å². The molecule has 0 radical (unpaired) electrons. The van der Waals surface area contributed by atoms with Gasteiger partial charge in [-0.1, -0.05) is 48.6 Å². The van der Waals surface area contributed by atoms with Crippen molar-refractivity contribution >= 4 is 17.9 Å². The fraction of sp³-hybridized carbons (Fsp3) is 0.387. The van der Waals surface area contributed by atoms with Gasteiger partial charge in [0.2, 0.25) is 6.29 Å². The molecule has 0 aliphatic carbocycles. The molecule has 242 valence electrons. The number of carboxylic acid groups (broad SMARTS) is 3. The monoisotopic (exact) mass is 629 g/mol. The van der Waals surface area contributed by atoms with E-state index in [9.17, 15) is 50.1 Å². The standard InChI is InChI=1S/C31H35NO13/c1-2-19-20(21(28(39)40)15-43-30(19)45-31-26(36)25(35)24(34)23(14-33)44-31)9-8-17-10-18(27(37)38)13-32(12-17)22(29(41)42)11-16-6-4-3-5-7-16/h2-10,12,15,19-20,22-26,30-31,33-36H,1,11,13-14H2,(H,37,38)(H,39,40)(H,41,42)/b9-8+/t19-,20+,22-,23-,24-,25+,26-,30+,31+/m1/s1. The average Bonchev–Trinajstić information content (AvgIpc) is 3.02. The van der Waals surface area contributed by atoms with Gasteiger partial charge in [-0.05, 0) is 11.6 Å². The quantitative estimate of drug-likeness (QED) is 0.117. The molecule has 4 rings (SSSR count). The van der Waals surface area contributed by atoms with E-state index in [0.29, 0.717) is 16.0 Å². The molecule has 7 N–H and O–H groups in total. The molecule has 45 heavy (non-hydrogen) atoms. The van der Waals surface area contributed by atoms with E-state index >= 15 is 0 Å². The lowest BCUT2D eigenvalue weighted by Gasteiger charge is -2.42. The summed E-state index contributed by atoms with van der Waals surface area (Å²) in [7, 11) is 0. The maximum absolute atomic E-state index is 12.2. The van der Waals surface area contributed by atoms with Crippen molar-refractivity contribution < 1.29 is 69.2 Å². The van der Waals surface area contributed by atoms with Crippen LogP contribution in [0, 0.1) is 11.8 Å². The molecule has 1 aromatic carbocycles. The molecule has 14 nitrogen and oxygen atoms in total. The van der Waals surface area contributed by atoms with Crippen molar-refractivity contribution in [2.45, 2.75) is 49.5 Å². The predicted molar refractivity (Wildman–Crippen MR) is 150 cm³/mol. The summed E-state index contributed by atoms with van der Waals surface area (Å²) in [4.78, 5) is 36.6. The van der Waals surface area contributed by atoms with E-state index < -0.39 is 79.4 Å². The average molecular weight is 630 g/mol. The van der Waals surface area contributed by atoms with Crippen molar-refractivity contribution in [2.24, 2.45) is 11.8 Å². The molecule has 0 amide bonds. The van der Waals surface area contributed by atoms with Crippen molar-refractivity contribution in [2.75, 3.05) is 13.2 Å². The first-order valence-electron chi connectivity index (χ1n) is 14.1. The summed E-state index contributed by atoms with van der Waals surface area (Å²) in [6.45, 7) is 2.91. The molecule has 1 aromatic rings. The van der Waals surface area contributed by atoms with Crippen LogP contribution in [0.1, 0.15) is 5.56 Å². The van der Waals surface area contributed by atoms with Gasteiger partial charge in [-0.2, -0.15) is 0 Å². The van der Waals surface area contributed by atoms with Gasteiger partial charge < -0.3 is 54.8 Å². The Bertz CT molecular complexity index is 1380. The van der Waals surface area contributed by atoms with Gasteiger partial charge in [-0.3, -0.25) is 4.90 Å². The number of hydrogen-bond donors (Lipinski definition) is 7. The van der Waals surface area contributed by atoms with Crippen molar-refractivity contribution in [3.8, 4) is 0 Å². The number of aliphatic carboxylic acids is 3. The summed E-state index contributed by atoms with van der Waals surface area (Å²) >= 11 is 0. The summed E-state index contributed by atoms with van der Waals surface area (Å²) in [6.07, 6.45) is -1.12. The first kappa shape index (κ1) is 33.7. The number of carboxylic acids is 3. The smallest absolute Gasteiger partial charge is 0.337 e. The summed E-state index contributed by atoms with van der Waals surface area (Å²) in [5.41, 5.74) is 0.716. The second-order valence-corrected chi connectivity index (χ2v) is 10.8. The summed E-state index contributed by atoms with van der Waals surface area (Å²) in [6, 6.07) is 7.67. The molecule has 3 heterocycles. The minimum Gasteiger partial charge on any atom is -0.544 e. The number of hydrogen-bond acceptors (Lipinski definition) is 11. The zero-order valence-electron chi connectivity index (χ0n) is 23.9. The van der Waals surface area contributed by atoms with Crippen LogP contribution < -0.4 is 10.0 Å². The van der Waals surface area contributed by atoms with E-state index in [4.69, 9.17) is 14.2 Å². The first-order valence-corrected chi connectivity index (χ1v) is 14.1. The highest BCUT2D eigenvalue weighted by Gasteiger charge is 2.47.